The molecule has 7 heteroatoms. The van der Waals surface area contributed by atoms with Gasteiger partial charge in [-0.1, -0.05) is 6.92 Å². The monoisotopic (exact) mass is 310 g/mol. The first kappa shape index (κ1) is 17.7. The van der Waals surface area contributed by atoms with Gasteiger partial charge >= 0.3 is 5.97 Å². The summed E-state index contributed by atoms with van der Waals surface area (Å²) in [7, 11) is 1.59. The number of carbonyl (C=O) groups excluding carboxylic acids is 2. The second kappa shape index (κ2) is 8.21. The minimum absolute atomic E-state index is 0.0924. The second-order valence-electron chi connectivity index (χ2n) is 5.09. The van der Waals surface area contributed by atoms with Gasteiger partial charge in [-0.15, -0.1) is 0 Å². The lowest BCUT2D eigenvalue weighted by molar-refractivity contribution is -0.133. The average molecular weight is 310 g/mol. The summed E-state index contributed by atoms with van der Waals surface area (Å²) in [5, 5.41) is 11.7. The summed E-state index contributed by atoms with van der Waals surface area (Å²) in [6.07, 6.45) is 1.10. The van der Waals surface area contributed by atoms with Crippen LogP contribution >= 0.6 is 0 Å². The van der Waals surface area contributed by atoms with Crippen molar-refractivity contribution >= 4 is 17.8 Å². The van der Waals surface area contributed by atoms with Crippen LogP contribution in [0.25, 0.3) is 0 Å². The molecule has 0 spiro atoms. The molecule has 122 valence electrons. The third-order valence-corrected chi connectivity index (χ3v) is 3.16. The fraction of sp³-hybridized carbons (Fsp3) is 0.533. The minimum Gasteiger partial charge on any atom is -0.478 e. The van der Waals surface area contributed by atoms with E-state index in [1.165, 1.54) is 11.0 Å². The molecule has 1 aromatic rings. The van der Waals surface area contributed by atoms with Gasteiger partial charge in [-0.3, -0.25) is 9.59 Å². The summed E-state index contributed by atoms with van der Waals surface area (Å²) >= 11 is 0. The number of aryl methyl sites for hydroxylation is 1. The summed E-state index contributed by atoms with van der Waals surface area (Å²) < 4.78 is 5.32. The standard InChI is InChI=1S/C15H22N2O5/c1-4-7-16-13(18)5-6-14(19)17(3)9-11-8-12(15(20)21)10(2)22-11/h8H,4-7,9H2,1-3H3,(H,16,18)(H,20,21). The molecule has 0 aliphatic rings. The maximum Gasteiger partial charge on any atom is 0.339 e. The molecular weight excluding hydrogens is 288 g/mol. The number of carbonyl (C=O) groups is 3. The van der Waals surface area contributed by atoms with E-state index >= 15 is 0 Å². The van der Waals surface area contributed by atoms with E-state index in [9.17, 15) is 14.4 Å². The number of nitrogens with one attached hydrogen (secondary N) is 1. The fourth-order valence-electron chi connectivity index (χ4n) is 1.92. The van der Waals surface area contributed by atoms with Crippen LogP contribution < -0.4 is 5.32 Å². The summed E-state index contributed by atoms with van der Waals surface area (Å²) in [5.41, 5.74) is 0.0924. The Hall–Kier alpha value is -2.31. The first-order valence-electron chi connectivity index (χ1n) is 7.18. The molecule has 1 rings (SSSR count). The lowest BCUT2D eigenvalue weighted by Gasteiger charge is -2.15. The third-order valence-electron chi connectivity index (χ3n) is 3.16. The van der Waals surface area contributed by atoms with Gasteiger partial charge in [-0.25, -0.2) is 4.79 Å². The van der Waals surface area contributed by atoms with Crippen molar-refractivity contribution < 1.29 is 23.9 Å². The molecule has 0 saturated carbocycles. The Morgan fingerprint density at radius 1 is 1.32 bits per heavy atom. The van der Waals surface area contributed by atoms with E-state index in [2.05, 4.69) is 5.32 Å². The number of hydrogen-bond acceptors (Lipinski definition) is 4. The zero-order valence-corrected chi connectivity index (χ0v) is 13.1. The molecule has 0 radical (unpaired) electrons. The van der Waals surface area contributed by atoms with Crippen LogP contribution in [0.3, 0.4) is 0 Å². The molecule has 2 amide bonds. The minimum atomic E-state index is -1.06. The molecule has 1 heterocycles. The maximum atomic E-state index is 11.9. The predicted octanol–water partition coefficient (Wildman–Crippen LogP) is 1.55. The van der Waals surface area contributed by atoms with Crippen molar-refractivity contribution in [2.75, 3.05) is 13.6 Å². The quantitative estimate of drug-likeness (QED) is 0.759. The highest BCUT2D eigenvalue weighted by Gasteiger charge is 2.17. The smallest absolute Gasteiger partial charge is 0.339 e. The second-order valence-corrected chi connectivity index (χ2v) is 5.09. The molecule has 0 saturated heterocycles. The molecule has 22 heavy (non-hydrogen) atoms. The first-order valence-corrected chi connectivity index (χ1v) is 7.18. The van der Waals surface area contributed by atoms with Crippen molar-refractivity contribution in [3.63, 3.8) is 0 Å². The Balaban J connectivity index is 2.49. The largest absolute Gasteiger partial charge is 0.478 e. The van der Waals surface area contributed by atoms with Gasteiger partial charge in [0.1, 0.15) is 17.1 Å². The molecule has 0 aliphatic carbocycles. The highest BCUT2D eigenvalue weighted by molar-refractivity contribution is 5.89. The van der Waals surface area contributed by atoms with Gasteiger partial charge in [-0.05, 0) is 19.4 Å². The van der Waals surface area contributed by atoms with Crippen LogP contribution in [0.4, 0.5) is 0 Å². The SMILES string of the molecule is CCCNC(=O)CCC(=O)N(C)Cc1cc(C(=O)O)c(C)o1. The number of carboxylic acid groups (broad SMARTS) is 1. The summed E-state index contributed by atoms with van der Waals surface area (Å²) in [5.74, 6) is -0.694. The summed E-state index contributed by atoms with van der Waals surface area (Å²) in [6.45, 7) is 4.29. The number of rotatable bonds is 8. The van der Waals surface area contributed by atoms with Crippen molar-refractivity contribution in [1.82, 2.24) is 10.2 Å². The van der Waals surface area contributed by atoms with Crippen LogP contribution in [0, 0.1) is 6.92 Å². The van der Waals surface area contributed by atoms with Crippen LogP contribution in [-0.2, 0) is 16.1 Å². The number of aromatic carboxylic acids is 1. The van der Waals surface area contributed by atoms with Gasteiger partial charge in [-0.2, -0.15) is 0 Å². The Bertz CT molecular complexity index is 550. The topological polar surface area (TPSA) is 99.9 Å². The number of hydrogen-bond donors (Lipinski definition) is 2. The first-order chi connectivity index (χ1) is 10.3. The zero-order chi connectivity index (χ0) is 16.7. The summed E-state index contributed by atoms with van der Waals surface area (Å²) in [6, 6.07) is 1.41. The summed E-state index contributed by atoms with van der Waals surface area (Å²) in [4.78, 5) is 35.7. The van der Waals surface area contributed by atoms with Crippen LogP contribution in [0.5, 0.6) is 0 Å². The predicted molar refractivity (Wildman–Crippen MR) is 79.4 cm³/mol. The van der Waals surface area contributed by atoms with E-state index in [1.807, 2.05) is 6.92 Å². The molecule has 0 aromatic carbocycles. The Labute approximate surface area is 129 Å². The van der Waals surface area contributed by atoms with Crippen LogP contribution in [0.15, 0.2) is 10.5 Å². The number of furan rings is 1. The Morgan fingerprint density at radius 2 is 2.00 bits per heavy atom. The molecule has 7 nitrogen and oxygen atoms in total. The van der Waals surface area contributed by atoms with Crippen molar-refractivity contribution in [3.05, 3.63) is 23.2 Å². The van der Waals surface area contributed by atoms with E-state index in [-0.39, 0.29) is 36.8 Å². The van der Waals surface area contributed by atoms with Gasteiger partial charge in [0.05, 0.1) is 6.54 Å². The fourth-order valence-corrected chi connectivity index (χ4v) is 1.92. The molecule has 2 N–H and O–H groups in total. The Kier molecular flexibility index (Phi) is 6.62. The maximum absolute atomic E-state index is 11.9. The Morgan fingerprint density at radius 3 is 2.55 bits per heavy atom. The molecule has 0 aliphatic heterocycles. The van der Waals surface area contributed by atoms with Crippen LogP contribution in [0.1, 0.15) is 48.1 Å². The molecular formula is C15H22N2O5. The van der Waals surface area contributed by atoms with Crippen molar-refractivity contribution in [2.45, 2.75) is 39.7 Å². The van der Waals surface area contributed by atoms with E-state index in [1.54, 1.807) is 14.0 Å². The van der Waals surface area contributed by atoms with Gasteiger partial charge in [0.2, 0.25) is 11.8 Å². The highest BCUT2D eigenvalue weighted by atomic mass is 16.4. The molecule has 0 unspecified atom stereocenters. The van der Waals surface area contributed by atoms with E-state index in [4.69, 9.17) is 9.52 Å². The van der Waals surface area contributed by atoms with Crippen molar-refractivity contribution in [2.24, 2.45) is 0 Å². The van der Waals surface area contributed by atoms with E-state index in [0.29, 0.717) is 18.1 Å². The van der Waals surface area contributed by atoms with E-state index in [0.717, 1.165) is 6.42 Å². The normalized spacial score (nSPS) is 10.3. The number of nitrogens with zero attached hydrogens (tertiary/aromatic N) is 1. The van der Waals surface area contributed by atoms with Gasteiger partial charge < -0.3 is 19.7 Å². The lowest BCUT2D eigenvalue weighted by atomic mass is 10.2. The number of carboxylic acids is 1. The molecule has 0 bridgehead atoms. The van der Waals surface area contributed by atoms with Crippen molar-refractivity contribution in [3.8, 4) is 0 Å². The average Bonchev–Trinajstić information content (AvgIpc) is 2.83. The third kappa shape index (κ3) is 5.23. The van der Waals surface area contributed by atoms with Gasteiger partial charge in [0.25, 0.3) is 0 Å². The zero-order valence-electron chi connectivity index (χ0n) is 13.1. The van der Waals surface area contributed by atoms with Gasteiger partial charge in [0, 0.05) is 26.4 Å². The molecule has 0 fully saturated rings. The van der Waals surface area contributed by atoms with Crippen LogP contribution in [-0.4, -0.2) is 41.4 Å². The highest BCUT2D eigenvalue weighted by Crippen LogP contribution is 2.16. The van der Waals surface area contributed by atoms with Gasteiger partial charge in [0.15, 0.2) is 0 Å². The molecule has 1 aromatic heterocycles. The van der Waals surface area contributed by atoms with Crippen molar-refractivity contribution in [1.29, 1.82) is 0 Å². The van der Waals surface area contributed by atoms with E-state index < -0.39 is 5.97 Å². The lowest BCUT2D eigenvalue weighted by Crippen LogP contribution is -2.29. The molecule has 0 atom stereocenters. The van der Waals surface area contributed by atoms with Crippen LogP contribution in [0.2, 0.25) is 0 Å². The number of amides is 2.